The zero-order valence-corrected chi connectivity index (χ0v) is 20.4. The maximum atomic E-state index is 14.2. The minimum Gasteiger partial charge on any atom is -0.354 e. The topological polar surface area (TPSA) is 130 Å². The van der Waals surface area contributed by atoms with Crippen molar-refractivity contribution in [2.75, 3.05) is 13.1 Å². The van der Waals surface area contributed by atoms with Gasteiger partial charge in [0.25, 0.3) is 5.91 Å². The number of halogens is 4. The van der Waals surface area contributed by atoms with Gasteiger partial charge in [-0.15, -0.1) is 0 Å². The molecule has 1 saturated carbocycles. The summed E-state index contributed by atoms with van der Waals surface area (Å²) in [5.41, 5.74) is 6.74. The highest BCUT2D eigenvalue weighted by Gasteiger charge is 2.32. The van der Waals surface area contributed by atoms with E-state index in [1.54, 1.807) is 0 Å². The molecule has 37 heavy (non-hydrogen) atoms. The fourth-order valence-electron chi connectivity index (χ4n) is 4.37. The summed E-state index contributed by atoms with van der Waals surface area (Å²) in [5, 5.41) is 4.89. The second-order valence-corrected chi connectivity index (χ2v) is 10.9. The average molecular weight is 543 g/mol. The molecule has 2 aromatic rings. The minimum absolute atomic E-state index is 0.0460. The van der Waals surface area contributed by atoms with Crippen molar-refractivity contribution >= 4 is 21.8 Å². The van der Waals surface area contributed by atoms with Crippen molar-refractivity contribution in [1.82, 2.24) is 15.4 Å². The molecule has 2 atom stereocenters. The van der Waals surface area contributed by atoms with Crippen molar-refractivity contribution in [2.24, 2.45) is 5.73 Å². The van der Waals surface area contributed by atoms with Crippen molar-refractivity contribution in [3.63, 3.8) is 0 Å². The SMILES string of the molecule is N[C@@H](CC(=O)NCCNC(=O)c1cc(S(=O)(=O)NC2CC2)c(F)cc1F)[C@H]1CCc2cc(F)c(F)cc21. The van der Waals surface area contributed by atoms with E-state index in [2.05, 4.69) is 15.4 Å². The molecule has 5 N–H and O–H groups in total. The van der Waals surface area contributed by atoms with Gasteiger partial charge >= 0.3 is 0 Å². The molecule has 2 aliphatic rings. The molecule has 13 heteroatoms. The van der Waals surface area contributed by atoms with Crippen molar-refractivity contribution in [3.8, 4) is 0 Å². The Labute approximate surface area is 211 Å². The van der Waals surface area contributed by atoms with Crippen LogP contribution in [0.1, 0.15) is 53.1 Å². The number of fused-ring (bicyclic) bond motifs is 1. The van der Waals surface area contributed by atoms with Crippen LogP contribution in [0.3, 0.4) is 0 Å². The number of benzene rings is 2. The van der Waals surface area contributed by atoms with E-state index >= 15 is 0 Å². The Morgan fingerprint density at radius 2 is 1.59 bits per heavy atom. The van der Waals surface area contributed by atoms with Crippen LogP contribution in [0.2, 0.25) is 0 Å². The second kappa shape index (κ2) is 10.8. The number of aryl methyl sites for hydroxylation is 1. The number of hydrogen-bond acceptors (Lipinski definition) is 5. The monoisotopic (exact) mass is 542 g/mol. The molecular formula is C24H26F4N4O4S. The first-order valence-electron chi connectivity index (χ1n) is 11.8. The standard InChI is InChI=1S/C24H26F4N4O4S/c25-17-10-20(28)22(37(35,36)32-13-2-3-13)9-16(17)24(34)31-6-5-30-23(33)11-21(29)14-4-1-12-7-18(26)19(27)8-15(12)14/h7-10,13-14,21,32H,1-6,11,29H2,(H,30,33)(H,31,34)/t14-,21-/m0/s1. The summed E-state index contributed by atoms with van der Waals surface area (Å²) in [6.07, 6.45) is 2.20. The lowest BCUT2D eigenvalue weighted by Gasteiger charge is -2.20. The lowest BCUT2D eigenvalue weighted by molar-refractivity contribution is -0.121. The van der Waals surface area contributed by atoms with Crippen LogP contribution in [0.4, 0.5) is 17.6 Å². The number of rotatable bonds is 10. The first-order valence-corrected chi connectivity index (χ1v) is 13.2. The molecule has 4 rings (SSSR count). The number of nitrogens with two attached hydrogens (primary N) is 1. The Balaban J connectivity index is 1.28. The van der Waals surface area contributed by atoms with E-state index in [4.69, 9.17) is 5.73 Å². The molecule has 8 nitrogen and oxygen atoms in total. The van der Waals surface area contributed by atoms with Gasteiger partial charge in [-0.25, -0.2) is 30.7 Å². The van der Waals surface area contributed by atoms with Crippen LogP contribution >= 0.6 is 0 Å². The number of carbonyl (C=O) groups is 2. The lowest BCUT2D eigenvalue weighted by atomic mass is 9.91. The molecule has 0 aromatic heterocycles. The normalized spacial score (nSPS) is 17.8. The first kappa shape index (κ1) is 27.0. The number of sulfonamides is 1. The molecule has 0 radical (unpaired) electrons. The third kappa shape index (κ3) is 6.28. The Kier molecular flexibility index (Phi) is 7.85. The van der Waals surface area contributed by atoms with Gasteiger partial charge in [0.1, 0.15) is 16.5 Å². The molecule has 0 heterocycles. The fourth-order valence-corrected chi connectivity index (χ4v) is 5.76. The summed E-state index contributed by atoms with van der Waals surface area (Å²) >= 11 is 0. The summed E-state index contributed by atoms with van der Waals surface area (Å²) in [4.78, 5) is 23.8. The van der Waals surface area contributed by atoms with Crippen LogP contribution in [0.15, 0.2) is 29.2 Å². The molecular weight excluding hydrogens is 516 g/mol. The summed E-state index contributed by atoms with van der Waals surface area (Å²) < 4.78 is 82.3. The third-order valence-electron chi connectivity index (χ3n) is 6.43. The third-order valence-corrected chi connectivity index (χ3v) is 7.97. The van der Waals surface area contributed by atoms with Gasteiger partial charge in [-0.2, -0.15) is 0 Å². The van der Waals surface area contributed by atoms with Gasteiger partial charge in [0.15, 0.2) is 11.6 Å². The van der Waals surface area contributed by atoms with Gasteiger partial charge in [0.2, 0.25) is 15.9 Å². The van der Waals surface area contributed by atoms with E-state index in [-0.39, 0.29) is 31.5 Å². The van der Waals surface area contributed by atoms with E-state index in [0.29, 0.717) is 48.9 Å². The van der Waals surface area contributed by atoms with E-state index in [9.17, 15) is 35.6 Å². The lowest BCUT2D eigenvalue weighted by Crippen LogP contribution is -2.39. The molecule has 0 saturated heterocycles. The highest BCUT2D eigenvalue weighted by molar-refractivity contribution is 7.89. The molecule has 2 aliphatic carbocycles. The number of hydrogen-bond donors (Lipinski definition) is 4. The molecule has 0 aliphatic heterocycles. The zero-order chi connectivity index (χ0) is 26.9. The minimum atomic E-state index is -4.26. The van der Waals surface area contributed by atoms with Gasteiger partial charge in [0.05, 0.1) is 5.56 Å². The summed E-state index contributed by atoms with van der Waals surface area (Å²) in [5.74, 6) is -6.18. The van der Waals surface area contributed by atoms with Gasteiger partial charge < -0.3 is 16.4 Å². The van der Waals surface area contributed by atoms with Gasteiger partial charge in [-0.3, -0.25) is 9.59 Å². The maximum Gasteiger partial charge on any atom is 0.254 e. The average Bonchev–Trinajstić information content (AvgIpc) is 3.53. The summed E-state index contributed by atoms with van der Waals surface area (Å²) in [6, 6.07) is 2.28. The highest BCUT2D eigenvalue weighted by atomic mass is 32.2. The summed E-state index contributed by atoms with van der Waals surface area (Å²) in [6.45, 7) is -0.175. The van der Waals surface area contributed by atoms with Gasteiger partial charge in [0, 0.05) is 43.6 Å². The quantitative estimate of drug-likeness (QED) is 0.270. The van der Waals surface area contributed by atoms with Crippen molar-refractivity contribution in [1.29, 1.82) is 0 Å². The van der Waals surface area contributed by atoms with Crippen LogP contribution < -0.4 is 21.1 Å². The van der Waals surface area contributed by atoms with Crippen LogP contribution in [0.5, 0.6) is 0 Å². The number of nitrogens with one attached hydrogen (secondary N) is 3. The van der Waals surface area contributed by atoms with Crippen molar-refractivity contribution in [2.45, 2.75) is 55.0 Å². The van der Waals surface area contributed by atoms with Crippen LogP contribution in [0, 0.1) is 23.3 Å². The molecule has 2 amide bonds. The molecule has 0 bridgehead atoms. The largest absolute Gasteiger partial charge is 0.354 e. The Morgan fingerprint density at radius 1 is 0.919 bits per heavy atom. The number of carbonyl (C=O) groups excluding carboxylic acids is 2. The van der Waals surface area contributed by atoms with Crippen LogP contribution in [-0.4, -0.2) is 45.4 Å². The van der Waals surface area contributed by atoms with E-state index in [1.165, 1.54) is 0 Å². The maximum absolute atomic E-state index is 14.2. The van der Waals surface area contributed by atoms with Gasteiger partial charge in [-0.1, -0.05) is 0 Å². The molecule has 0 spiro atoms. The molecule has 1 fully saturated rings. The zero-order valence-electron chi connectivity index (χ0n) is 19.6. The van der Waals surface area contributed by atoms with Crippen molar-refractivity contribution < 1.29 is 35.6 Å². The predicted molar refractivity (Wildman–Crippen MR) is 125 cm³/mol. The number of amides is 2. The predicted octanol–water partition coefficient (Wildman–Crippen LogP) is 1.98. The van der Waals surface area contributed by atoms with E-state index in [1.807, 2.05) is 0 Å². The smallest absolute Gasteiger partial charge is 0.254 e. The second-order valence-electron chi connectivity index (χ2n) is 9.24. The molecule has 0 unspecified atom stereocenters. The Hall–Kier alpha value is -3.03. The van der Waals surface area contributed by atoms with E-state index < -0.39 is 61.6 Å². The molecule has 200 valence electrons. The van der Waals surface area contributed by atoms with Crippen molar-refractivity contribution in [3.05, 3.63) is 64.2 Å². The van der Waals surface area contributed by atoms with Gasteiger partial charge in [-0.05, 0) is 55.0 Å². The Bertz CT molecular complexity index is 1330. The van der Waals surface area contributed by atoms with E-state index in [0.717, 1.165) is 12.1 Å². The fraction of sp³-hybridized carbons (Fsp3) is 0.417. The highest BCUT2D eigenvalue weighted by Crippen LogP contribution is 2.37. The van der Waals surface area contributed by atoms with Crippen LogP contribution in [-0.2, 0) is 21.2 Å². The first-order chi connectivity index (χ1) is 17.5. The molecule has 2 aromatic carbocycles. The summed E-state index contributed by atoms with van der Waals surface area (Å²) in [7, 11) is -4.26. The Morgan fingerprint density at radius 3 is 2.30 bits per heavy atom. The van der Waals surface area contributed by atoms with Crippen LogP contribution in [0.25, 0.3) is 0 Å².